The zero-order chi connectivity index (χ0) is 17.3. The molecule has 0 radical (unpaired) electrons. The Morgan fingerprint density at radius 2 is 2.21 bits per heavy atom. The first-order valence-electron chi connectivity index (χ1n) is 7.53. The third-order valence-corrected chi connectivity index (χ3v) is 6.06. The molecule has 0 amide bonds. The van der Waals surface area contributed by atoms with E-state index in [4.69, 9.17) is 20.8 Å². The first-order chi connectivity index (χ1) is 11.3. The molecule has 3 heterocycles. The Balaban J connectivity index is 1.92. The fourth-order valence-corrected chi connectivity index (χ4v) is 3.69. The molecule has 24 heavy (non-hydrogen) atoms. The molecule has 128 valence electrons. The lowest BCUT2D eigenvalue weighted by Gasteiger charge is -2.15. The fraction of sp³-hybridized carbons (Fsp3) is 0.400. The monoisotopic (exact) mass is 383 g/mol. The number of ether oxygens (including phenoxy) is 1. The van der Waals surface area contributed by atoms with Gasteiger partial charge in [-0.2, -0.15) is 0 Å². The quantitative estimate of drug-likeness (QED) is 0.473. The van der Waals surface area contributed by atoms with Gasteiger partial charge in [-0.1, -0.05) is 31.2 Å². The summed E-state index contributed by atoms with van der Waals surface area (Å²) in [6.07, 6.45) is 3.46. The summed E-state index contributed by atoms with van der Waals surface area (Å²) in [5, 5.41) is 1.24. The first-order valence-corrected chi connectivity index (χ1v) is 12.4. The summed E-state index contributed by atoms with van der Waals surface area (Å²) >= 11 is 7.10. The van der Waals surface area contributed by atoms with Crippen molar-refractivity contribution in [3.63, 3.8) is 0 Å². The van der Waals surface area contributed by atoms with Gasteiger partial charge in [-0.05, 0) is 12.1 Å². The molecule has 0 bridgehead atoms. The highest BCUT2D eigenvalue weighted by molar-refractivity contribution is 7.02. The van der Waals surface area contributed by atoms with E-state index in [9.17, 15) is 4.79 Å². The minimum absolute atomic E-state index is 0.255. The molecule has 0 aliphatic heterocycles. The first kappa shape index (κ1) is 17.3. The summed E-state index contributed by atoms with van der Waals surface area (Å²) in [5.74, 6) is 0.255. The molecule has 0 spiro atoms. The van der Waals surface area contributed by atoms with Crippen LogP contribution in [0.4, 0.5) is 0 Å². The van der Waals surface area contributed by atoms with Crippen LogP contribution in [-0.2, 0) is 11.5 Å². The maximum absolute atomic E-state index is 11.3. The number of fused-ring (bicyclic) bond motifs is 1. The number of hydrogen-bond donors (Lipinski definition) is 0. The number of pyridine rings is 1. The van der Waals surface area contributed by atoms with Crippen molar-refractivity contribution in [2.24, 2.45) is 0 Å². The van der Waals surface area contributed by atoms with E-state index in [0.717, 1.165) is 17.6 Å². The molecular weight excluding hydrogens is 366 g/mol. The van der Waals surface area contributed by atoms with E-state index in [1.165, 1.54) is 0 Å². The van der Waals surface area contributed by atoms with Gasteiger partial charge in [-0.3, -0.25) is 0 Å². The fourth-order valence-electron chi connectivity index (χ4n) is 2.28. The average molecular weight is 384 g/mol. The van der Waals surface area contributed by atoms with Gasteiger partial charge in [-0.15, -0.1) is 4.37 Å². The van der Waals surface area contributed by atoms with E-state index < -0.39 is 13.0 Å². The van der Waals surface area contributed by atoms with Crippen LogP contribution in [0.5, 0.6) is 0 Å². The van der Waals surface area contributed by atoms with Crippen molar-refractivity contribution in [1.82, 2.24) is 13.9 Å². The van der Waals surface area contributed by atoms with Crippen LogP contribution in [0.3, 0.4) is 0 Å². The van der Waals surface area contributed by atoms with E-state index in [1.807, 2.05) is 10.8 Å². The highest BCUT2D eigenvalue weighted by atomic mass is 35.5. The summed E-state index contributed by atoms with van der Waals surface area (Å²) in [6.45, 7) is 8.00. The Labute approximate surface area is 149 Å². The van der Waals surface area contributed by atoms with Crippen molar-refractivity contribution in [3.05, 3.63) is 33.2 Å². The molecule has 6 nitrogen and oxygen atoms in total. The number of rotatable bonds is 6. The van der Waals surface area contributed by atoms with Crippen LogP contribution in [0.1, 0.15) is 0 Å². The summed E-state index contributed by atoms with van der Waals surface area (Å²) in [7, 11) is -1.13. The van der Waals surface area contributed by atoms with Crippen LogP contribution < -0.4 is 4.94 Å². The van der Waals surface area contributed by atoms with Crippen molar-refractivity contribution in [2.75, 3.05) is 6.61 Å². The molecule has 0 aromatic carbocycles. The number of halogens is 1. The van der Waals surface area contributed by atoms with Crippen LogP contribution in [0, 0.1) is 0 Å². The Kier molecular flexibility index (Phi) is 4.91. The molecule has 0 fully saturated rings. The normalized spacial score (nSPS) is 12.2. The Hall–Kier alpha value is -1.48. The topological polar surface area (TPSA) is 70.2 Å². The third-order valence-electron chi connectivity index (χ3n) is 3.55. The highest BCUT2D eigenvalue weighted by Crippen LogP contribution is 2.33. The zero-order valence-electron chi connectivity index (χ0n) is 13.7. The second kappa shape index (κ2) is 6.79. The maximum atomic E-state index is 11.3. The van der Waals surface area contributed by atoms with Crippen molar-refractivity contribution in [2.45, 2.75) is 32.4 Å². The van der Waals surface area contributed by atoms with Gasteiger partial charge in [0.05, 0.1) is 27.5 Å². The molecule has 0 aliphatic carbocycles. The molecule has 0 atom stereocenters. The second-order valence-electron chi connectivity index (χ2n) is 6.69. The summed E-state index contributed by atoms with van der Waals surface area (Å²) < 4.78 is 16.8. The van der Waals surface area contributed by atoms with Gasteiger partial charge in [0.2, 0.25) is 5.89 Å². The van der Waals surface area contributed by atoms with Crippen molar-refractivity contribution in [1.29, 1.82) is 0 Å². The van der Waals surface area contributed by atoms with Crippen molar-refractivity contribution in [3.8, 4) is 11.5 Å². The van der Waals surface area contributed by atoms with Gasteiger partial charge in [0.15, 0.2) is 0 Å². The standard InChI is InChI=1S/C15H18ClN3O3SSi/c1-24(2,3)7-6-21-9-19-8-10(14-18-23-15(20)22-14)12-11(16)4-5-17-13(12)19/h4-5,8H,6-7,9H2,1-3H3. The molecule has 0 aliphatic rings. The zero-order valence-corrected chi connectivity index (χ0v) is 16.3. The molecule has 0 unspecified atom stereocenters. The Morgan fingerprint density at radius 3 is 2.88 bits per heavy atom. The van der Waals surface area contributed by atoms with E-state index in [1.54, 1.807) is 12.3 Å². The number of aromatic nitrogens is 3. The summed E-state index contributed by atoms with van der Waals surface area (Å²) in [6, 6.07) is 2.79. The largest absolute Gasteiger partial charge is 0.414 e. The molecular formula is C15H18ClN3O3SSi. The minimum Gasteiger partial charge on any atom is -0.394 e. The van der Waals surface area contributed by atoms with Crippen LogP contribution >= 0.6 is 23.1 Å². The van der Waals surface area contributed by atoms with Crippen molar-refractivity contribution >= 4 is 42.2 Å². The predicted octanol–water partition coefficient (Wildman–Crippen LogP) is 4.08. The van der Waals surface area contributed by atoms with Gasteiger partial charge >= 0.3 is 4.94 Å². The van der Waals surface area contributed by atoms with Gasteiger partial charge in [0, 0.05) is 27.1 Å². The number of nitrogens with zero attached hydrogens (tertiary/aromatic N) is 3. The molecule has 3 aromatic rings. The van der Waals surface area contributed by atoms with Crippen LogP contribution in [0.25, 0.3) is 22.5 Å². The van der Waals surface area contributed by atoms with Crippen molar-refractivity contribution < 1.29 is 9.15 Å². The molecule has 3 rings (SSSR count). The van der Waals surface area contributed by atoms with Gasteiger partial charge in [-0.25, -0.2) is 9.78 Å². The van der Waals surface area contributed by atoms with E-state index >= 15 is 0 Å². The molecule has 0 saturated carbocycles. The number of hydrogen-bond acceptors (Lipinski definition) is 6. The smallest absolute Gasteiger partial charge is 0.394 e. The van der Waals surface area contributed by atoms with Gasteiger partial charge in [0.25, 0.3) is 0 Å². The van der Waals surface area contributed by atoms with E-state index in [-0.39, 0.29) is 5.89 Å². The average Bonchev–Trinajstić information content (AvgIpc) is 3.07. The van der Waals surface area contributed by atoms with Gasteiger partial charge < -0.3 is 13.7 Å². The lowest BCUT2D eigenvalue weighted by Crippen LogP contribution is -2.22. The van der Waals surface area contributed by atoms with Crippen LogP contribution in [0.2, 0.25) is 30.7 Å². The molecule has 0 saturated heterocycles. The van der Waals surface area contributed by atoms with Crippen LogP contribution in [0.15, 0.2) is 27.7 Å². The molecule has 3 aromatic heterocycles. The maximum Gasteiger partial charge on any atom is 0.414 e. The van der Waals surface area contributed by atoms with Gasteiger partial charge in [0.1, 0.15) is 12.4 Å². The highest BCUT2D eigenvalue weighted by Gasteiger charge is 2.19. The summed E-state index contributed by atoms with van der Waals surface area (Å²) in [4.78, 5) is 15.2. The SMILES string of the molecule is C[Si](C)(C)CCOCn1cc(-c2nsc(=O)o2)c2c(Cl)ccnc21. The van der Waals surface area contributed by atoms with E-state index in [2.05, 4.69) is 29.0 Å². The Morgan fingerprint density at radius 1 is 1.42 bits per heavy atom. The Bertz CT molecular complexity index is 913. The minimum atomic E-state index is -1.13. The van der Waals surface area contributed by atoms with Crippen LogP contribution in [-0.4, -0.2) is 28.6 Å². The second-order valence-corrected chi connectivity index (χ2v) is 13.4. The lowest BCUT2D eigenvalue weighted by atomic mass is 10.2. The van der Waals surface area contributed by atoms with E-state index in [0.29, 0.717) is 35.0 Å². The third kappa shape index (κ3) is 3.77. The summed E-state index contributed by atoms with van der Waals surface area (Å²) in [5.41, 5.74) is 1.33. The lowest BCUT2D eigenvalue weighted by molar-refractivity contribution is 0.0899. The predicted molar refractivity (Wildman–Crippen MR) is 98.5 cm³/mol. The molecule has 0 N–H and O–H groups in total. The molecule has 9 heteroatoms.